The zero-order chi connectivity index (χ0) is 19.6. The van der Waals surface area contributed by atoms with Gasteiger partial charge in [0, 0.05) is 26.6 Å². The normalized spacial score (nSPS) is 24.4. The highest BCUT2D eigenvalue weighted by Crippen LogP contribution is 2.49. The average Bonchev–Trinajstić information content (AvgIpc) is 3.25. The lowest BCUT2D eigenvalue weighted by Gasteiger charge is -2.22. The van der Waals surface area contributed by atoms with E-state index in [1.165, 1.54) is 23.6 Å². The number of nitrogens with one attached hydrogen (secondary N) is 2. The Hall–Kier alpha value is -1.60. The highest BCUT2D eigenvalue weighted by atomic mass is 32.2. The average molecular weight is 394 g/mol. The van der Waals surface area contributed by atoms with Crippen molar-refractivity contribution in [3.63, 3.8) is 0 Å². The molecule has 2 aliphatic carbocycles. The highest BCUT2D eigenvalue weighted by Gasteiger charge is 2.40. The maximum absolute atomic E-state index is 12.8. The number of carbonyl (C=O) groups is 1. The molecule has 6 nitrogen and oxygen atoms in total. The molecule has 7 heteroatoms. The zero-order valence-electron chi connectivity index (χ0n) is 16.5. The molecule has 0 radical (unpaired) electrons. The second-order valence-corrected chi connectivity index (χ2v) is 9.67. The molecule has 0 spiro atoms. The molecular formula is C20H31N3O3S. The summed E-state index contributed by atoms with van der Waals surface area (Å²) in [7, 11) is -1.80. The number of fused-ring (bicyclic) bond motifs is 2. The lowest BCUT2D eigenvalue weighted by molar-refractivity contribution is -0.117. The molecule has 0 aromatic heterocycles. The van der Waals surface area contributed by atoms with Crippen LogP contribution in [0, 0.1) is 17.8 Å². The van der Waals surface area contributed by atoms with Crippen LogP contribution in [0.25, 0.3) is 0 Å². The first kappa shape index (κ1) is 20.1. The first-order valence-corrected chi connectivity index (χ1v) is 11.4. The number of anilines is 2. The fraction of sp³-hybridized carbons (Fsp3) is 0.650. The molecule has 27 heavy (non-hydrogen) atoms. The van der Waals surface area contributed by atoms with E-state index in [1.807, 2.05) is 13.8 Å². The van der Waals surface area contributed by atoms with Crippen LogP contribution in [0.4, 0.5) is 11.4 Å². The Kier molecular flexibility index (Phi) is 6.11. The van der Waals surface area contributed by atoms with Crippen molar-refractivity contribution in [1.82, 2.24) is 4.31 Å². The predicted octanol–water partition coefficient (Wildman–Crippen LogP) is 3.52. The third kappa shape index (κ3) is 4.14. The first-order valence-electron chi connectivity index (χ1n) is 10.0. The summed E-state index contributed by atoms with van der Waals surface area (Å²) in [5, 5.41) is 5.99. The standard InChI is InChI=1S/C20H31N3O3S/c1-4-23(5-2)27(25,26)17-8-9-18(21-3)19(13-17)22-20(24)12-16-11-14-6-7-15(16)10-14/h8-9,13-16,21H,4-7,10-12H2,1-3H3,(H,22,24)/t14-,15-,16-/m1/s1. The number of benzene rings is 1. The fourth-order valence-electron chi connectivity index (χ4n) is 4.78. The third-order valence-electron chi connectivity index (χ3n) is 6.21. The number of rotatable bonds is 8. The van der Waals surface area contributed by atoms with E-state index in [0.29, 0.717) is 37.0 Å². The Morgan fingerprint density at radius 1 is 1.15 bits per heavy atom. The van der Waals surface area contributed by atoms with Gasteiger partial charge in [-0.15, -0.1) is 0 Å². The van der Waals surface area contributed by atoms with Gasteiger partial charge in [0.1, 0.15) is 0 Å². The number of nitrogens with zero attached hydrogens (tertiary/aromatic N) is 1. The molecule has 3 atom stereocenters. The molecule has 0 saturated heterocycles. The van der Waals surface area contributed by atoms with Crippen LogP contribution in [0.5, 0.6) is 0 Å². The van der Waals surface area contributed by atoms with Crippen molar-refractivity contribution in [2.24, 2.45) is 17.8 Å². The molecule has 1 amide bonds. The number of hydrogen-bond donors (Lipinski definition) is 2. The van der Waals surface area contributed by atoms with Crippen LogP contribution < -0.4 is 10.6 Å². The van der Waals surface area contributed by atoms with Gasteiger partial charge < -0.3 is 10.6 Å². The molecule has 1 aromatic carbocycles. The van der Waals surface area contributed by atoms with Gasteiger partial charge in [0.2, 0.25) is 15.9 Å². The van der Waals surface area contributed by atoms with Gasteiger partial charge in [-0.2, -0.15) is 4.31 Å². The van der Waals surface area contributed by atoms with Crippen LogP contribution >= 0.6 is 0 Å². The van der Waals surface area contributed by atoms with Crippen molar-refractivity contribution in [2.75, 3.05) is 30.8 Å². The summed E-state index contributed by atoms with van der Waals surface area (Å²) in [6.07, 6.45) is 5.53. The van der Waals surface area contributed by atoms with E-state index in [-0.39, 0.29) is 10.8 Å². The van der Waals surface area contributed by atoms with Crippen molar-refractivity contribution in [3.05, 3.63) is 18.2 Å². The minimum absolute atomic E-state index is 0.0264. The number of amides is 1. The molecule has 2 saturated carbocycles. The molecule has 2 aliphatic rings. The number of hydrogen-bond acceptors (Lipinski definition) is 4. The van der Waals surface area contributed by atoms with Gasteiger partial charge in [0.25, 0.3) is 0 Å². The van der Waals surface area contributed by atoms with Crippen LogP contribution in [-0.2, 0) is 14.8 Å². The topological polar surface area (TPSA) is 78.5 Å². The SMILES string of the molecule is CCN(CC)S(=O)(=O)c1ccc(NC)c(NC(=O)C[C@H]2C[C@@H]3CC[C@@H]2C3)c1. The van der Waals surface area contributed by atoms with Crippen molar-refractivity contribution in [3.8, 4) is 0 Å². The molecular weight excluding hydrogens is 362 g/mol. The van der Waals surface area contributed by atoms with Gasteiger partial charge in [-0.05, 0) is 55.2 Å². The van der Waals surface area contributed by atoms with E-state index in [2.05, 4.69) is 10.6 Å². The van der Waals surface area contributed by atoms with Crippen molar-refractivity contribution in [2.45, 2.75) is 50.8 Å². The van der Waals surface area contributed by atoms with Crippen molar-refractivity contribution in [1.29, 1.82) is 0 Å². The minimum Gasteiger partial charge on any atom is -0.386 e. The molecule has 2 N–H and O–H groups in total. The van der Waals surface area contributed by atoms with Crippen LogP contribution in [0.1, 0.15) is 46.0 Å². The van der Waals surface area contributed by atoms with E-state index in [0.717, 1.165) is 18.0 Å². The Bertz CT molecular complexity index is 790. The van der Waals surface area contributed by atoms with Crippen LogP contribution in [0.15, 0.2) is 23.1 Å². The number of sulfonamides is 1. The zero-order valence-corrected chi connectivity index (χ0v) is 17.3. The fourth-order valence-corrected chi connectivity index (χ4v) is 6.27. The summed E-state index contributed by atoms with van der Waals surface area (Å²) in [6, 6.07) is 4.87. The molecule has 2 bridgehead atoms. The molecule has 3 rings (SSSR count). The lowest BCUT2D eigenvalue weighted by atomic mass is 9.86. The van der Waals surface area contributed by atoms with Crippen molar-refractivity contribution >= 4 is 27.3 Å². The van der Waals surface area contributed by atoms with Gasteiger partial charge in [0.05, 0.1) is 16.3 Å². The maximum Gasteiger partial charge on any atom is 0.243 e. The van der Waals surface area contributed by atoms with Gasteiger partial charge >= 0.3 is 0 Å². The quantitative estimate of drug-likeness (QED) is 0.708. The summed E-state index contributed by atoms with van der Waals surface area (Å²) < 4.78 is 27.0. The van der Waals surface area contributed by atoms with Crippen LogP contribution in [0.3, 0.4) is 0 Å². The van der Waals surface area contributed by atoms with Crippen LogP contribution in [0.2, 0.25) is 0 Å². The van der Waals surface area contributed by atoms with E-state index >= 15 is 0 Å². The molecule has 0 unspecified atom stereocenters. The first-order chi connectivity index (χ1) is 12.9. The van der Waals surface area contributed by atoms with Crippen molar-refractivity contribution < 1.29 is 13.2 Å². The third-order valence-corrected chi connectivity index (χ3v) is 8.26. The maximum atomic E-state index is 12.8. The second-order valence-electron chi connectivity index (χ2n) is 7.73. The summed E-state index contributed by atoms with van der Waals surface area (Å²) in [6.45, 7) is 4.47. The van der Waals surface area contributed by atoms with Gasteiger partial charge in [0.15, 0.2) is 0 Å². The summed E-state index contributed by atoms with van der Waals surface area (Å²) in [4.78, 5) is 12.8. The molecule has 0 aliphatic heterocycles. The minimum atomic E-state index is -3.56. The second kappa shape index (κ2) is 8.19. The van der Waals surface area contributed by atoms with Gasteiger partial charge in [-0.1, -0.05) is 20.3 Å². The smallest absolute Gasteiger partial charge is 0.243 e. The van der Waals surface area contributed by atoms with E-state index in [9.17, 15) is 13.2 Å². The summed E-state index contributed by atoms with van der Waals surface area (Å²) in [5.41, 5.74) is 1.24. The summed E-state index contributed by atoms with van der Waals surface area (Å²) in [5.74, 6) is 1.95. The number of carbonyl (C=O) groups excluding carboxylic acids is 1. The van der Waals surface area contributed by atoms with Crippen LogP contribution in [-0.4, -0.2) is 38.8 Å². The lowest BCUT2D eigenvalue weighted by Crippen LogP contribution is -2.30. The van der Waals surface area contributed by atoms with Gasteiger partial charge in [-0.25, -0.2) is 8.42 Å². The Morgan fingerprint density at radius 3 is 2.44 bits per heavy atom. The predicted molar refractivity (Wildman–Crippen MR) is 108 cm³/mol. The highest BCUT2D eigenvalue weighted by molar-refractivity contribution is 7.89. The van der Waals surface area contributed by atoms with E-state index < -0.39 is 10.0 Å². The monoisotopic (exact) mass is 393 g/mol. The molecule has 150 valence electrons. The molecule has 1 aromatic rings. The Balaban J connectivity index is 1.76. The van der Waals surface area contributed by atoms with E-state index in [1.54, 1.807) is 25.2 Å². The Morgan fingerprint density at radius 2 is 1.89 bits per heavy atom. The molecule has 2 fully saturated rings. The molecule has 0 heterocycles. The van der Waals surface area contributed by atoms with Gasteiger partial charge in [-0.3, -0.25) is 4.79 Å². The van der Waals surface area contributed by atoms with E-state index in [4.69, 9.17) is 0 Å². The largest absolute Gasteiger partial charge is 0.386 e. The summed E-state index contributed by atoms with van der Waals surface area (Å²) >= 11 is 0. The Labute approximate surface area is 162 Å².